The smallest absolute Gasteiger partial charge is 0.319 e. The van der Waals surface area contributed by atoms with Gasteiger partial charge in [-0.05, 0) is 61.2 Å². The molecule has 2 amide bonds. The quantitative estimate of drug-likeness (QED) is 0.787. The highest BCUT2D eigenvalue weighted by atomic mass is 35.5. The van der Waals surface area contributed by atoms with E-state index in [-0.39, 0.29) is 11.4 Å². The summed E-state index contributed by atoms with van der Waals surface area (Å²) < 4.78 is 0. The van der Waals surface area contributed by atoms with Crippen molar-refractivity contribution in [2.24, 2.45) is 0 Å². The van der Waals surface area contributed by atoms with E-state index < -0.39 is 0 Å². The zero-order chi connectivity index (χ0) is 16.4. The first kappa shape index (κ1) is 16.2. The van der Waals surface area contributed by atoms with E-state index in [2.05, 4.69) is 10.6 Å². The van der Waals surface area contributed by atoms with Crippen LogP contribution in [0.15, 0.2) is 42.5 Å². The summed E-state index contributed by atoms with van der Waals surface area (Å²) in [5.41, 5.74) is 2.98. The maximum atomic E-state index is 12.1. The molecule has 0 aliphatic heterocycles. The summed E-state index contributed by atoms with van der Waals surface area (Å²) in [6, 6.07) is 13.1. The van der Waals surface area contributed by atoms with Crippen LogP contribution in [0.2, 0.25) is 10.0 Å². The van der Waals surface area contributed by atoms with Crippen LogP contribution in [-0.4, -0.2) is 12.6 Å². The second kappa shape index (κ2) is 6.42. The molecule has 3 rings (SSSR count). The van der Waals surface area contributed by atoms with Crippen molar-refractivity contribution < 1.29 is 4.79 Å². The van der Waals surface area contributed by atoms with Gasteiger partial charge in [0.2, 0.25) is 0 Å². The Morgan fingerprint density at radius 2 is 1.74 bits per heavy atom. The van der Waals surface area contributed by atoms with Gasteiger partial charge in [0.1, 0.15) is 0 Å². The van der Waals surface area contributed by atoms with Gasteiger partial charge in [0.25, 0.3) is 0 Å². The number of aryl methyl sites for hydroxylation is 1. The van der Waals surface area contributed by atoms with Crippen LogP contribution in [0.4, 0.5) is 10.5 Å². The second-order valence-electron chi connectivity index (χ2n) is 6.05. The number of carbonyl (C=O) groups excluding carboxylic acids is 1. The molecule has 23 heavy (non-hydrogen) atoms. The van der Waals surface area contributed by atoms with Crippen LogP contribution in [-0.2, 0) is 5.41 Å². The summed E-state index contributed by atoms with van der Waals surface area (Å²) in [6.07, 6.45) is 2.16. The molecule has 0 unspecified atom stereocenters. The molecule has 3 nitrogen and oxygen atoms in total. The van der Waals surface area contributed by atoms with Gasteiger partial charge in [0, 0.05) is 27.7 Å². The highest BCUT2D eigenvalue weighted by Crippen LogP contribution is 2.47. The summed E-state index contributed by atoms with van der Waals surface area (Å²) in [7, 11) is 0. The Kier molecular flexibility index (Phi) is 4.51. The van der Waals surface area contributed by atoms with E-state index in [0.29, 0.717) is 11.6 Å². The normalized spacial score (nSPS) is 15.1. The lowest BCUT2D eigenvalue weighted by Crippen LogP contribution is -2.35. The lowest BCUT2D eigenvalue weighted by molar-refractivity contribution is 0.251. The molecule has 1 fully saturated rings. The third-order valence-corrected chi connectivity index (χ3v) is 4.82. The highest BCUT2D eigenvalue weighted by Gasteiger charge is 2.44. The van der Waals surface area contributed by atoms with E-state index >= 15 is 0 Å². The molecule has 0 saturated heterocycles. The van der Waals surface area contributed by atoms with Crippen LogP contribution in [0.1, 0.15) is 24.0 Å². The molecule has 120 valence electrons. The molecule has 2 aromatic rings. The minimum Gasteiger partial charge on any atom is -0.337 e. The minimum absolute atomic E-state index is 0.0525. The molecule has 1 aliphatic carbocycles. The van der Waals surface area contributed by atoms with Crippen molar-refractivity contribution in [2.45, 2.75) is 25.2 Å². The number of urea groups is 1. The molecular formula is C18H18Cl2N2O. The van der Waals surface area contributed by atoms with Gasteiger partial charge in [-0.25, -0.2) is 4.79 Å². The zero-order valence-electron chi connectivity index (χ0n) is 12.8. The van der Waals surface area contributed by atoms with Crippen molar-refractivity contribution in [2.75, 3.05) is 11.9 Å². The minimum atomic E-state index is -0.198. The Hall–Kier alpha value is -1.71. The third kappa shape index (κ3) is 3.80. The topological polar surface area (TPSA) is 41.1 Å². The number of rotatable bonds is 4. The molecule has 2 aromatic carbocycles. The van der Waals surface area contributed by atoms with E-state index in [9.17, 15) is 4.79 Å². The standard InChI is InChI=1S/C18H18Cl2N2O/c1-12-10-15(20)6-7-16(12)22-17(23)21-11-18(8-9-18)13-2-4-14(19)5-3-13/h2-7,10H,8-9,11H2,1H3,(H2,21,22,23). The van der Waals surface area contributed by atoms with Crippen molar-refractivity contribution in [3.8, 4) is 0 Å². The van der Waals surface area contributed by atoms with Crippen molar-refractivity contribution in [3.63, 3.8) is 0 Å². The summed E-state index contributed by atoms with van der Waals surface area (Å²) in [5, 5.41) is 7.23. The van der Waals surface area contributed by atoms with Crippen LogP contribution < -0.4 is 10.6 Å². The van der Waals surface area contributed by atoms with Gasteiger partial charge >= 0.3 is 6.03 Å². The fourth-order valence-electron chi connectivity index (χ4n) is 2.71. The Balaban J connectivity index is 1.59. The second-order valence-corrected chi connectivity index (χ2v) is 6.93. The fourth-order valence-corrected chi connectivity index (χ4v) is 3.06. The summed E-state index contributed by atoms with van der Waals surface area (Å²) in [4.78, 5) is 12.1. The monoisotopic (exact) mass is 348 g/mol. The van der Waals surface area contributed by atoms with Crippen LogP contribution in [0.25, 0.3) is 0 Å². The Bertz CT molecular complexity index is 724. The fraction of sp³-hybridized carbons (Fsp3) is 0.278. The van der Waals surface area contributed by atoms with Gasteiger partial charge in [-0.2, -0.15) is 0 Å². The highest BCUT2D eigenvalue weighted by molar-refractivity contribution is 6.31. The molecule has 1 saturated carbocycles. The number of halogens is 2. The summed E-state index contributed by atoms with van der Waals surface area (Å²) in [6.45, 7) is 2.53. The number of nitrogens with one attached hydrogen (secondary N) is 2. The SMILES string of the molecule is Cc1cc(Cl)ccc1NC(=O)NCC1(c2ccc(Cl)cc2)CC1. The number of hydrogen-bond acceptors (Lipinski definition) is 1. The van der Waals surface area contributed by atoms with Gasteiger partial charge < -0.3 is 10.6 Å². The van der Waals surface area contributed by atoms with E-state index in [0.717, 1.165) is 29.1 Å². The van der Waals surface area contributed by atoms with Gasteiger partial charge in [0.05, 0.1) is 0 Å². The first-order valence-electron chi connectivity index (χ1n) is 7.56. The van der Waals surface area contributed by atoms with E-state index in [4.69, 9.17) is 23.2 Å². The molecule has 0 spiro atoms. The van der Waals surface area contributed by atoms with E-state index in [1.54, 1.807) is 6.07 Å². The molecule has 0 heterocycles. The van der Waals surface area contributed by atoms with Crippen LogP contribution in [0.3, 0.4) is 0 Å². The first-order valence-corrected chi connectivity index (χ1v) is 8.31. The average Bonchev–Trinajstić information content (AvgIpc) is 3.30. The molecule has 1 aliphatic rings. The van der Waals surface area contributed by atoms with Crippen LogP contribution in [0.5, 0.6) is 0 Å². The van der Waals surface area contributed by atoms with E-state index in [1.165, 1.54) is 5.56 Å². The number of anilines is 1. The molecule has 0 bridgehead atoms. The first-order chi connectivity index (χ1) is 11.0. The Morgan fingerprint density at radius 1 is 1.09 bits per heavy atom. The zero-order valence-corrected chi connectivity index (χ0v) is 14.3. The Labute approximate surface area is 146 Å². The van der Waals surface area contributed by atoms with Crippen LogP contribution >= 0.6 is 23.2 Å². The predicted octanol–water partition coefficient (Wildman–Crippen LogP) is 5.16. The van der Waals surface area contributed by atoms with Crippen molar-refractivity contribution >= 4 is 34.9 Å². The lowest BCUT2D eigenvalue weighted by Gasteiger charge is -2.17. The molecular weight excluding hydrogens is 331 g/mol. The third-order valence-electron chi connectivity index (χ3n) is 4.33. The van der Waals surface area contributed by atoms with Gasteiger partial charge in [-0.3, -0.25) is 0 Å². The number of amides is 2. The van der Waals surface area contributed by atoms with Crippen molar-refractivity contribution in [3.05, 3.63) is 63.6 Å². The predicted molar refractivity (Wildman–Crippen MR) is 95.6 cm³/mol. The lowest BCUT2D eigenvalue weighted by atomic mass is 9.96. The number of carbonyl (C=O) groups is 1. The average molecular weight is 349 g/mol. The maximum absolute atomic E-state index is 12.1. The largest absolute Gasteiger partial charge is 0.337 e. The summed E-state index contributed by atoms with van der Waals surface area (Å²) >= 11 is 11.9. The Morgan fingerprint density at radius 3 is 2.35 bits per heavy atom. The summed E-state index contributed by atoms with van der Waals surface area (Å²) in [5.74, 6) is 0. The van der Waals surface area contributed by atoms with Gasteiger partial charge in [-0.15, -0.1) is 0 Å². The maximum Gasteiger partial charge on any atom is 0.319 e. The molecule has 2 N–H and O–H groups in total. The molecule has 0 atom stereocenters. The van der Waals surface area contributed by atoms with Crippen molar-refractivity contribution in [1.29, 1.82) is 0 Å². The molecule has 0 radical (unpaired) electrons. The molecule has 5 heteroatoms. The van der Waals surface area contributed by atoms with Crippen molar-refractivity contribution in [1.82, 2.24) is 5.32 Å². The van der Waals surface area contributed by atoms with Gasteiger partial charge in [0.15, 0.2) is 0 Å². The van der Waals surface area contributed by atoms with E-state index in [1.807, 2.05) is 43.3 Å². The van der Waals surface area contributed by atoms with Crippen LogP contribution in [0, 0.1) is 6.92 Å². The number of hydrogen-bond donors (Lipinski definition) is 2. The van der Waals surface area contributed by atoms with Gasteiger partial charge in [-0.1, -0.05) is 35.3 Å². The number of benzene rings is 2. The molecule has 0 aromatic heterocycles.